The maximum absolute atomic E-state index is 5.54. The lowest BCUT2D eigenvalue weighted by Gasteiger charge is -2.04. The van der Waals surface area contributed by atoms with Gasteiger partial charge in [-0.1, -0.05) is 0 Å². The minimum absolute atomic E-state index is 0.133. The van der Waals surface area contributed by atoms with Crippen molar-refractivity contribution in [2.75, 3.05) is 0 Å². The van der Waals surface area contributed by atoms with Crippen LogP contribution >= 0.6 is 64.8 Å². The zero-order valence-electron chi connectivity index (χ0n) is 3.67. The summed E-state index contributed by atoms with van der Waals surface area (Å²) in [5.41, 5.74) is 0. The van der Waals surface area contributed by atoms with E-state index < -0.39 is 6.00 Å². The van der Waals surface area contributed by atoms with Crippen molar-refractivity contribution >= 4 is 75.1 Å². The second-order valence-corrected chi connectivity index (χ2v) is 13.8. The van der Waals surface area contributed by atoms with E-state index in [2.05, 4.69) is 31.5 Å². The van der Waals surface area contributed by atoms with Crippen LogP contribution in [0.1, 0.15) is 0 Å². The predicted octanol–water partition coefficient (Wildman–Crippen LogP) is 3.46. The highest BCUT2D eigenvalue weighted by Crippen LogP contribution is 2.29. The third kappa shape index (κ3) is 8.11. The number of rotatable bonds is 2. The predicted molar refractivity (Wildman–Crippen MR) is 51.7 cm³/mol. The molecule has 0 aromatic rings. The lowest BCUT2D eigenvalue weighted by molar-refractivity contribution is 2.06. The molecule has 0 unspecified atom stereocenters. The maximum Gasteiger partial charge on any atom is 0.336 e. The second kappa shape index (κ2) is 4.09. The molecule has 0 saturated carbocycles. The van der Waals surface area contributed by atoms with Crippen LogP contribution in [-0.4, -0.2) is 10.4 Å². The standard InChI is InChI=1S/CH2BBr2Cl3Si/c3-2(4)1-8(5,6)7/h1H2. The topological polar surface area (TPSA) is 0 Å². The van der Waals surface area contributed by atoms with Crippen LogP contribution in [0.2, 0.25) is 5.94 Å². The van der Waals surface area contributed by atoms with Crippen molar-refractivity contribution in [1.29, 1.82) is 0 Å². The fourth-order valence-corrected chi connectivity index (χ4v) is 8.18. The summed E-state index contributed by atoms with van der Waals surface area (Å²) in [4.78, 5) is 0. The molecule has 8 heavy (non-hydrogen) atoms. The molecule has 48 valence electrons. The SMILES string of the molecule is Cl[Si](Cl)(Cl)CB(Br)Br. The molecule has 0 nitrogen and oxygen atoms in total. The van der Waals surface area contributed by atoms with E-state index >= 15 is 0 Å². The summed E-state index contributed by atoms with van der Waals surface area (Å²) in [7, 11) is 0. The van der Waals surface area contributed by atoms with Crippen molar-refractivity contribution in [2.24, 2.45) is 0 Å². The Morgan fingerprint density at radius 3 is 1.62 bits per heavy atom. The zero-order chi connectivity index (χ0) is 6.78. The summed E-state index contributed by atoms with van der Waals surface area (Å²) >= 11 is 23.0. The average molecular weight is 319 g/mol. The van der Waals surface area contributed by atoms with Gasteiger partial charge in [0.15, 0.2) is 0 Å². The lowest BCUT2D eigenvalue weighted by Crippen LogP contribution is -2.14. The highest BCUT2D eigenvalue weighted by molar-refractivity contribution is 9.49. The summed E-state index contributed by atoms with van der Waals surface area (Å²) < 4.78 is 0.133. The first kappa shape index (κ1) is 10.1. The van der Waals surface area contributed by atoms with E-state index in [9.17, 15) is 0 Å². The van der Waals surface area contributed by atoms with Gasteiger partial charge in [0.05, 0.1) is 0 Å². The monoisotopic (exact) mass is 316 g/mol. The molecule has 0 aliphatic rings. The van der Waals surface area contributed by atoms with Crippen LogP contribution in [0.15, 0.2) is 0 Å². The van der Waals surface area contributed by atoms with E-state index in [1.165, 1.54) is 0 Å². The van der Waals surface area contributed by atoms with E-state index in [-0.39, 0.29) is 4.36 Å². The van der Waals surface area contributed by atoms with Crippen molar-refractivity contribution in [2.45, 2.75) is 5.94 Å². The molecular formula is CH2BBr2Cl3Si. The average Bonchev–Trinajstić information content (AvgIpc) is 1.21. The van der Waals surface area contributed by atoms with Gasteiger partial charge in [-0.3, -0.25) is 0 Å². The summed E-state index contributed by atoms with van der Waals surface area (Å²) in [6.07, 6.45) is 0. The Bertz CT molecular complexity index is 72.2. The zero-order valence-corrected chi connectivity index (χ0v) is 10.1. The molecule has 7 heteroatoms. The van der Waals surface area contributed by atoms with Gasteiger partial charge < -0.3 is 0 Å². The Labute approximate surface area is 80.4 Å². The Morgan fingerprint density at radius 1 is 1.25 bits per heavy atom. The molecule has 0 aromatic carbocycles. The van der Waals surface area contributed by atoms with Gasteiger partial charge in [0.2, 0.25) is 0 Å². The highest BCUT2D eigenvalue weighted by atomic mass is 79.9. The van der Waals surface area contributed by atoms with Crippen molar-refractivity contribution in [3.05, 3.63) is 0 Å². The van der Waals surface area contributed by atoms with E-state index in [0.29, 0.717) is 5.94 Å². The van der Waals surface area contributed by atoms with Gasteiger partial charge >= 0.3 is 6.00 Å². The highest BCUT2D eigenvalue weighted by Gasteiger charge is 2.28. The molecule has 0 spiro atoms. The molecule has 0 radical (unpaired) electrons. The van der Waals surface area contributed by atoms with E-state index in [1.54, 1.807) is 0 Å². The largest absolute Gasteiger partial charge is 0.336 e. The van der Waals surface area contributed by atoms with E-state index in [0.717, 1.165) is 0 Å². The molecule has 0 atom stereocenters. The maximum atomic E-state index is 5.54. The van der Waals surface area contributed by atoms with Crippen molar-refractivity contribution in [1.82, 2.24) is 0 Å². The molecule has 0 rings (SSSR count). The molecule has 0 bridgehead atoms. The minimum atomic E-state index is -2.40. The molecule has 0 heterocycles. The van der Waals surface area contributed by atoms with Crippen LogP contribution in [0.3, 0.4) is 0 Å². The van der Waals surface area contributed by atoms with Gasteiger partial charge in [0.25, 0.3) is 4.36 Å². The minimum Gasteiger partial charge on any atom is -0.140 e. The van der Waals surface area contributed by atoms with E-state index in [1.807, 2.05) is 0 Å². The molecule has 0 aromatic heterocycles. The first-order chi connectivity index (χ1) is 3.42. The number of hydrogen-bond donors (Lipinski definition) is 0. The first-order valence-corrected chi connectivity index (χ1v) is 8.84. The quantitative estimate of drug-likeness (QED) is 0.540. The van der Waals surface area contributed by atoms with Crippen LogP contribution in [-0.2, 0) is 0 Å². The fourth-order valence-electron chi connectivity index (χ4n) is 0.175. The Morgan fingerprint density at radius 2 is 1.62 bits per heavy atom. The van der Waals surface area contributed by atoms with Gasteiger partial charge in [-0.2, -0.15) is 0 Å². The molecule has 0 saturated heterocycles. The number of hydrogen-bond acceptors (Lipinski definition) is 0. The van der Waals surface area contributed by atoms with Gasteiger partial charge in [-0.25, -0.2) is 0 Å². The van der Waals surface area contributed by atoms with Gasteiger partial charge in [0.1, 0.15) is 0 Å². The molecule has 0 aliphatic heterocycles. The van der Waals surface area contributed by atoms with Crippen LogP contribution in [0, 0.1) is 0 Å². The summed E-state index contributed by atoms with van der Waals surface area (Å²) in [5.74, 6) is 0.595. The third-order valence-electron chi connectivity index (χ3n) is 0.386. The van der Waals surface area contributed by atoms with Crippen molar-refractivity contribution < 1.29 is 0 Å². The van der Waals surface area contributed by atoms with Gasteiger partial charge in [0, 0.05) is 0 Å². The molecule has 0 N–H and O–H groups in total. The third-order valence-corrected chi connectivity index (χ3v) is 4.49. The summed E-state index contributed by atoms with van der Waals surface area (Å²) in [5, 5.41) is 0. The fraction of sp³-hybridized carbons (Fsp3) is 1.00. The van der Waals surface area contributed by atoms with Gasteiger partial charge in [-0.15, -0.1) is 64.8 Å². The normalized spacial score (nSPS) is 11.6. The first-order valence-electron chi connectivity index (χ1n) is 1.77. The number of halogens is 5. The molecule has 0 amide bonds. The second-order valence-electron chi connectivity index (χ2n) is 1.21. The molecular weight excluding hydrogens is 317 g/mol. The van der Waals surface area contributed by atoms with Gasteiger partial charge in [-0.05, 0) is 5.94 Å². The summed E-state index contributed by atoms with van der Waals surface area (Å²) in [6, 6.07) is -2.40. The van der Waals surface area contributed by atoms with Crippen molar-refractivity contribution in [3.63, 3.8) is 0 Å². The molecule has 0 aliphatic carbocycles. The Hall–Kier alpha value is 2.11. The Kier molecular flexibility index (Phi) is 5.17. The van der Waals surface area contributed by atoms with Crippen LogP contribution in [0.4, 0.5) is 0 Å². The lowest BCUT2D eigenvalue weighted by atomic mass is 10.2. The smallest absolute Gasteiger partial charge is 0.140 e. The van der Waals surface area contributed by atoms with Crippen molar-refractivity contribution in [3.8, 4) is 0 Å². The Balaban J connectivity index is 3.39. The van der Waals surface area contributed by atoms with E-state index in [4.69, 9.17) is 33.2 Å². The summed E-state index contributed by atoms with van der Waals surface area (Å²) in [6.45, 7) is 0. The molecule has 0 fully saturated rings. The van der Waals surface area contributed by atoms with Crippen LogP contribution < -0.4 is 0 Å². The van der Waals surface area contributed by atoms with Crippen LogP contribution in [0.5, 0.6) is 0 Å². The van der Waals surface area contributed by atoms with Crippen LogP contribution in [0.25, 0.3) is 0 Å².